The molecule has 1 aliphatic heterocycles. The molecule has 1 fully saturated rings. The first-order chi connectivity index (χ1) is 20.3. The van der Waals surface area contributed by atoms with Gasteiger partial charge in [-0.15, -0.1) is 0 Å². The van der Waals surface area contributed by atoms with Crippen LogP contribution in [0.5, 0.6) is 0 Å². The summed E-state index contributed by atoms with van der Waals surface area (Å²) < 4.78 is 19.0. The molecular formula is C35H73NO3SSi. The summed E-state index contributed by atoms with van der Waals surface area (Å²) in [5.74, 6) is 1.50. The predicted octanol–water partition coefficient (Wildman–Crippen LogP) is 11.6. The van der Waals surface area contributed by atoms with Crippen molar-refractivity contribution in [1.29, 1.82) is 0 Å². The summed E-state index contributed by atoms with van der Waals surface area (Å²) in [4.78, 5) is 0. The quantitative estimate of drug-likeness (QED) is 0.0479. The Balaban J connectivity index is 2.04. The molecule has 4 nitrogen and oxygen atoms in total. The average molecular weight is 616 g/mol. The monoisotopic (exact) mass is 616 g/mol. The molecule has 1 N–H and O–H groups in total. The number of hydroxylamine groups is 1. The minimum Gasteiger partial charge on any atom is -0.373 e. The smallest absolute Gasteiger partial charge is 0.373 e. The van der Waals surface area contributed by atoms with Crippen LogP contribution in [0, 0.1) is 5.92 Å². The Hall–Kier alpha value is 0.407. The van der Waals surface area contributed by atoms with E-state index in [0.29, 0.717) is 5.92 Å². The van der Waals surface area contributed by atoms with Crippen molar-refractivity contribution in [3.63, 3.8) is 0 Å². The van der Waals surface area contributed by atoms with Gasteiger partial charge in [-0.05, 0) is 37.4 Å². The number of nitrogens with one attached hydrogen (secondary N) is 1. The van der Waals surface area contributed by atoms with E-state index in [-0.39, 0.29) is 0 Å². The molecule has 1 saturated heterocycles. The summed E-state index contributed by atoms with van der Waals surface area (Å²) in [5, 5.41) is 0. The normalized spacial score (nSPS) is 19.8. The molecule has 1 rings (SSSR count). The van der Waals surface area contributed by atoms with Crippen molar-refractivity contribution in [1.82, 2.24) is 5.48 Å². The minimum atomic E-state index is -2.64. The lowest BCUT2D eigenvalue weighted by Crippen LogP contribution is -2.52. The molecule has 0 aromatic heterocycles. The van der Waals surface area contributed by atoms with Crippen molar-refractivity contribution in [2.24, 2.45) is 5.92 Å². The molecule has 2 unspecified atom stereocenters. The molecule has 1 aliphatic rings. The van der Waals surface area contributed by atoms with Crippen molar-refractivity contribution < 1.29 is 13.4 Å². The van der Waals surface area contributed by atoms with E-state index in [1.165, 1.54) is 154 Å². The lowest BCUT2D eigenvalue weighted by Gasteiger charge is -2.33. The number of thiol groups is 1. The van der Waals surface area contributed by atoms with Crippen LogP contribution in [-0.2, 0) is 13.4 Å². The molecule has 0 saturated carbocycles. The van der Waals surface area contributed by atoms with Gasteiger partial charge in [0.05, 0.1) is 0 Å². The molecule has 0 amide bonds. The number of hydrogen-bond donors (Lipinski definition) is 2. The van der Waals surface area contributed by atoms with E-state index >= 15 is 0 Å². The molecule has 2 atom stereocenters. The standard InChI is InChI=1S/C35H73NO3SSi/c1-3-5-7-9-11-13-14-15-16-17-18-19-20-21-23-25-28-35-29-31-38-41(33-27-32-40,39-36-34-35)37-30-26-24-22-12-10-8-6-4-2/h35-36,40H,3-34H2,1-2H3. The fraction of sp³-hybridized carbons (Fsp3) is 1.00. The first-order valence-corrected chi connectivity index (χ1v) is 21.1. The van der Waals surface area contributed by atoms with Gasteiger partial charge in [0, 0.05) is 25.8 Å². The van der Waals surface area contributed by atoms with Crippen LogP contribution in [0.4, 0.5) is 0 Å². The van der Waals surface area contributed by atoms with Crippen molar-refractivity contribution in [2.75, 3.05) is 25.5 Å². The molecular weight excluding hydrogens is 543 g/mol. The maximum Gasteiger partial charge on any atom is 0.517 e. The maximum atomic E-state index is 6.41. The van der Waals surface area contributed by atoms with Crippen LogP contribution in [0.25, 0.3) is 0 Å². The average Bonchev–Trinajstić information content (AvgIpc) is 2.97. The largest absolute Gasteiger partial charge is 0.517 e. The minimum absolute atomic E-state index is 0.645. The van der Waals surface area contributed by atoms with E-state index in [4.69, 9.17) is 13.4 Å². The van der Waals surface area contributed by atoms with Crippen molar-refractivity contribution in [3.05, 3.63) is 0 Å². The maximum absolute atomic E-state index is 6.41. The molecule has 0 spiro atoms. The highest BCUT2D eigenvalue weighted by molar-refractivity contribution is 7.80. The second-order valence-electron chi connectivity index (χ2n) is 12.9. The van der Waals surface area contributed by atoms with Gasteiger partial charge in [0.15, 0.2) is 0 Å². The van der Waals surface area contributed by atoms with Crippen molar-refractivity contribution in [2.45, 2.75) is 193 Å². The molecule has 41 heavy (non-hydrogen) atoms. The van der Waals surface area contributed by atoms with Crippen LogP contribution >= 0.6 is 12.6 Å². The third kappa shape index (κ3) is 24.4. The fourth-order valence-electron chi connectivity index (χ4n) is 6.04. The highest BCUT2D eigenvalue weighted by atomic mass is 32.1. The van der Waals surface area contributed by atoms with Gasteiger partial charge in [-0.25, -0.2) is 5.48 Å². The third-order valence-electron chi connectivity index (χ3n) is 8.87. The second-order valence-corrected chi connectivity index (χ2v) is 16.0. The Labute approximate surface area is 264 Å². The van der Waals surface area contributed by atoms with Crippen LogP contribution in [0.15, 0.2) is 0 Å². The van der Waals surface area contributed by atoms with Gasteiger partial charge in [0.1, 0.15) is 0 Å². The molecule has 0 aromatic carbocycles. The van der Waals surface area contributed by atoms with Crippen molar-refractivity contribution in [3.8, 4) is 0 Å². The van der Waals surface area contributed by atoms with Crippen LogP contribution < -0.4 is 5.48 Å². The van der Waals surface area contributed by atoms with E-state index in [9.17, 15) is 0 Å². The Morgan fingerprint density at radius 1 is 0.634 bits per heavy atom. The molecule has 246 valence electrons. The van der Waals surface area contributed by atoms with E-state index < -0.39 is 8.80 Å². The van der Waals surface area contributed by atoms with Gasteiger partial charge in [-0.1, -0.05) is 162 Å². The predicted molar refractivity (Wildman–Crippen MR) is 185 cm³/mol. The molecule has 1 heterocycles. The zero-order valence-electron chi connectivity index (χ0n) is 27.9. The lowest BCUT2D eigenvalue weighted by molar-refractivity contribution is -0.00441. The SMILES string of the molecule is CCCCCCCCCCCCCCCCCCC1CCO[Si](CCCS)(OCCCCCCCCCC)ONC1. The topological polar surface area (TPSA) is 39.7 Å². The van der Waals surface area contributed by atoms with Crippen LogP contribution in [0.3, 0.4) is 0 Å². The second kappa shape index (κ2) is 30.4. The zero-order chi connectivity index (χ0) is 29.5. The van der Waals surface area contributed by atoms with Crippen molar-refractivity contribution >= 4 is 21.4 Å². The number of unbranched alkanes of at least 4 members (excludes halogenated alkanes) is 22. The van der Waals surface area contributed by atoms with Gasteiger partial charge in [-0.3, -0.25) is 4.53 Å². The van der Waals surface area contributed by atoms with E-state index in [1.54, 1.807) is 0 Å². The summed E-state index contributed by atoms with van der Waals surface area (Å²) in [5.41, 5.74) is 3.31. The van der Waals surface area contributed by atoms with Crippen LogP contribution in [0.1, 0.15) is 187 Å². The fourth-order valence-corrected chi connectivity index (χ4v) is 8.88. The Morgan fingerprint density at radius 2 is 1.10 bits per heavy atom. The summed E-state index contributed by atoms with van der Waals surface area (Å²) in [7, 11) is -2.64. The Kier molecular flexibility index (Phi) is 29.3. The van der Waals surface area contributed by atoms with E-state index in [2.05, 4.69) is 32.0 Å². The Bertz CT molecular complexity index is 518. The molecule has 0 aromatic rings. The zero-order valence-corrected chi connectivity index (χ0v) is 29.8. The van der Waals surface area contributed by atoms with Gasteiger partial charge in [-0.2, -0.15) is 12.6 Å². The summed E-state index contributed by atoms with van der Waals surface area (Å²) in [6.45, 7) is 7.05. The number of rotatable bonds is 30. The summed E-state index contributed by atoms with van der Waals surface area (Å²) in [6.07, 6.45) is 36.7. The number of hydrogen-bond acceptors (Lipinski definition) is 5. The van der Waals surface area contributed by atoms with Gasteiger partial charge >= 0.3 is 8.80 Å². The molecule has 0 radical (unpaired) electrons. The highest BCUT2D eigenvalue weighted by Crippen LogP contribution is 2.24. The molecule has 0 bridgehead atoms. The summed E-state index contributed by atoms with van der Waals surface area (Å²) >= 11 is 4.43. The first-order valence-electron chi connectivity index (χ1n) is 18.6. The van der Waals surface area contributed by atoms with Gasteiger partial charge in [0.25, 0.3) is 0 Å². The van der Waals surface area contributed by atoms with Crippen LogP contribution in [-0.4, -0.2) is 34.3 Å². The Morgan fingerprint density at radius 3 is 1.59 bits per heavy atom. The summed E-state index contributed by atoms with van der Waals surface area (Å²) in [6, 6.07) is 0.865. The van der Waals surface area contributed by atoms with Crippen LogP contribution in [0.2, 0.25) is 6.04 Å². The molecule has 6 heteroatoms. The van der Waals surface area contributed by atoms with Gasteiger partial charge < -0.3 is 8.85 Å². The highest BCUT2D eigenvalue weighted by Gasteiger charge is 2.42. The van der Waals surface area contributed by atoms with Gasteiger partial charge in [0.2, 0.25) is 0 Å². The lowest BCUT2D eigenvalue weighted by atomic mass is 9.97. The molecule has 0 aliphatic carbocycles. The first kappa shape index (κ1) is 39.4. The third-order valence-corrected chi connectivity index (χ3v) is 11.9. The van der Waals surface area contributed by atoms with E-state index in [1.807, 2.05) is 0 Å². The van der Waals surface area contributed by atoms with E-state index in [0.717, 1.165) is 50.8 Å².